The van der Waals surface area contributed by atoms with E-state index in [4.69, 9.17) is 28.7 Å². The van der Waals surface area contributed by atoms with E-state index in [0.717, 1.165) is 9.15 Å². The van der Waals surface area contributed by atoms with Crippen LogP contribution >= 0.6 is 22.6 Å². The molecule has 0 aromatic heterocycles. The number of halogens is 1. The summed E-state index contributed by atoms with van der Waals surface area (Å²) in [5.41, 5.74) is 32.6. The minimum Gasteiger partial charge on any atom is -0.400 e. The van der Waals surface area contributed by atoms with Crippen LogP contribution in [-0.4, -0.2) is 0 Å². The number of hydrogen-bond donors (Lipinski definition) is 5. The SMILES string of the molecule is NC1=CC(N)=C(N)C2C(I)=C(N)C(N)=C12. The normalized spacial score (nSPS) is 25.9. The predicted molar refractivity (Wildman–Crippen MR) is 67.6 cm³/mol. The molecule has 0 aromatic carbocycles. The van der Waals surface area contributed by atoms with Crippen molar-refractivity contribution in [3.8, 4) is 0 Å². The number of rotatable bonds is 0. The van der Waals surface area contributed by atoms with Crippen LogP contribution in [-0.2, 0) is 0 Å². The lowest BCUT2D eigenvalue weighted by Gasteiger charge is -2.23. The van der Waals surface area contributed by atoms with Crippen molar-refractivity contribution in [2.75, 3.05) is 0 Å². The van der Waals surface area contributed by atoms with Crippen molar-refractivity contribution in [1.29, 1.82) is 0 Å². The van der Waals surface area contributed by atoms with E-state index in [9.17, 15) is 0 Å². The zero-order chi connectivity index (χ0) is 11.3. The number of fused-ring (bicyclic) bond motifs is 1. The van der Waals surface area contributed by atoms with E-state index in [1.807, 2.05) is 0 Å². The van der Waals surface area contributed by atoms with Gasteiger partial charge in [0.25, 0.3) is 0 Å². The molecule has 0 saturated carbocycles. The third-order valence-corrected chi connectivity index (χ3v) is 3.85. The van der Waals surface area contributed by atoms with E-state index in [2.05, 4.69) is 22.6 Å². The summed E-state index contributed by atoms with van der Waals surface area (Å²) in [6.45, 7) is 0. The zero-order valence-corrected chi connectivity index (χ0v) is 10.1. The largest absolute Gasteiger partial charge is 0.400 e. The molecular formula is C9H12IN5. The minimum absolute atomic E-state index is 0.157. The van der Waals surface area contributed by atoms with Crippen LogP contribution in [0.2, 0.25) is 0 Å². The molecule has 0 aliphatic heterocycles. The van der Waals surface area contributed by atoms with E-state index >= 15 is 0 Å². The van der Waals surface area contributed by atoms with Crippen LogP contribution in [0.15, 0.2) is 43.7 Å². The Hall–Kier alpha value is -1.31. The predicted octanol–water partition coefficient (Wildman–Crippen LogP) is -0.581. The number of nitrogens with two attached hydrogens (primary N) is 5. The average molecular weight is 317 g/mol. The highest BCUT2D eigenvalue weighted by atomic mass is 127. The fourth-order valence-electron chi connectivity index (χ4n) is 1.82. The molecule has 0 amide bonds. The van der Waals surface area contributed by atoms with E-state index in [1.165, 1.54) is 0 Å². The third-order valence-electron chi connectivity index (χ3n) is 2.65. The highest BCUT2D eigenvalue weighted by Crippen LogP contribution is 2.44. The lowest BCUT2D eigenvalue weighted by molar-refractivity contribution is 0.845. The first-order valence-electron chi connectivity index (χ1n) is 4.33. The average Bonchev–Trinajstić information content (AvgIpc) is 2.40. The van der Waals surface area contributed by atoms with Gasteiger partial charge in [0, 0.05) is 20.5 Å². The summed E-state index contributed by atoms with van der Waals surface area (Å²) >= 11 is 2.12. The van der Waals surface area contributed by atoms with Crippen molar-refractivity contribution in [3.63, 3.8) is 0 Å². The Labute approximate surface area is 101 Å². The summed E-state index contributed by atoms with van der Waals surface area (Å²) in [7, 11) is 0. The second-order valence-electron chi connectivity index (χ2n) is 3.53. The smallest absolute Gasteiger partial charge is 0.0656 e. The Bertz CT molecular complexity index is 469. The molecule has 0 spiro atoms. The summed E-state index contributed by atoms with van der Waals surface area (Å²) in [5, 5.41) is 0. The second kappa shape index (κ2) is 3.09. The lowest BCUT2D eigenvalue weighted by atomic mass is 9.90. The Morgan fingerprint density at radius 1 is 1.00 bits per heavy atom. The molecule has 5 nitrogen and oxygen atoms in total. The van der Waals surface area contributed by atoms with Gasteiger partial charge in [-0.15, -0.1) is 0 Å². The summed E-state index contributed by atoms with van der Waals surface area (Å²) < 4.78 is 0.886. The van der Waals surface area contributed by atoms with Gasteiger partial charge >= 0.3 is 0 Å². The maximum atomic E-state index is 5.91. The molecule has 2 rings (SSSR count). The van der Waals surface area contributed by atoms with E-state index < -0.39 is 0 Å². The minimum atomic E-state index is -0.157. The van der Waals surface area contributed by atoms with Gasteiger partial charge < -0.3 is 28.7 Å². The molecule has 2 aliphatic rings. The Kier molecular flexibility index (Phi) is 2.10. The molecule has 80 valence electrons. The van der Waals surface area contributed by atoms with Crippen LogP contribution in [0.25, 0.3) is 0 Å². The quantitative estimate of drug-likeness (QED) is 0.382. The fraction of sp³-hybridized carbons (Fsp3) is 0.111. The van der Waals surface area contributed by atoms with Gasteiger partial charge in [-0.3, -0.25) is 0 Å². The van der Waals surface area contributed by atoms with Gasteiger partial charge in [0.15, 0.2) is 0 Å². The first kappa shape index (κ1) is 10.2. The van der Waals surface area contributed by atoms with E-state index in [1.54, 1.807) is 6.08 Å². The highest BCUT2D eigenvalue weighted by Gasteiger charge is 2.36. The van der Waals surface area contributed by atoms with Gasteiger partial charge in [-0.1, -0.05) is 0 Å². The van der Waals surface area contributed by atoms with Crippen molar-refractivity contribution in [3.05, 3.63) is 43.7 Å². The number of allylic oxidation sites excluding steroid dienone is 3. The molecule has 1 atom stereocenters. The van der Waals surface area contributed by atoms with Crippen molar-refractivity contribution in [2.45, 2.75) is 0 Å². The standard InChI is InChI=1S/C9H12IN5/c10-6-5-4(8(14)9(6)15)2(11)1-3(12)7(5)13/h1,5H,11-15H2. The van der Waals surface area contributed by atoms with Gasteiger partial charge in [0.1, 0.15) is 0 Å². The summed E-state index contributed by atoms with van der Waals surface area (Å²) in [5.74, 6) is -0.157. The van der Waals surface area contributed by atoms with Crippen LogP contribution in [0, 0.1) is 5.92 Å². The first-order chi connectivity index (χ1) is 6.95. The second-order valence-corrected chi connectivity index (χ2v) is 4.69. The van der Waals surface area contributed by atoms with Crippen LogP contribution in [0.4, 0.5) is 0 Å². The van der Waals surface area contributed by atoms with Gasteiger partial charge in [-0.2, -0.15) is 0 Å². The van der Waals surface area contributed by atoms with Crippen molar-refractivity contribution in [2.24, 2.45) is 34.6 Å². The molecule has 2 aliphatic carbocycles. The van der Waals surface area contributed by atoms with Gasteiger partial charge in [-0.05, 0) is 28.7 Å². The number of hydrogen-bond acceptors (Lipinski definition) is 5. The Morgan fingerprint density at radius 2 is 1.60 bits per heavy atom. The van der Waals surface area contributed by atoms with Crippen molar-refractivity contribution >= 4 is 22.6 Å². The van der Waals surface area contributed by atoms with E-state index in [-0.39, 0.29) is 5.92 Å². The highest BCUT2D eigenvalue weighted by molar-refractivity contribution is 14.1. The van der Waals surface area contributed by atoms with Crippen LogP contribution in [0.1, 0.15) is 0 Å². The molecule has 0 heterocycles. The molecule has 6 heteroatoms. The zero-order valence-electron chi connectivity index (χ0n) is 7.92. The molecule has 0 saturated heterocycles. The molecule has 0 fully saturated rings. The molecule has 1 unspecified atom stereocenters. The molecule has 0 bridgehead atoms. The molecule has 0 aromatic rings. The summed E-state index contributed by atoms with van der Waals surface area (Å²) in [6.07, 6.45) is 1.62. The summed E-state index contributed by atoms with van der Waals surface area (Å²) in [4.78, 5) is 0. The summed E-state index contributed by atoms with van der Waals surface area (Å²) in [6, 6.07) is 0. The topological polar surface area (TPSA) is 130 Å². The van der Waals surface area contributed by atoms with Gasteiger partial charge in [0.05, 0.1) is 23.0 Å². The molecule has 15 heavy (non-hydrogen) atoms. The molecule has 10 N–H and O–H groups in total. The maximum absolute atomic E-state index is 5.91. The fourth-order valence-corrected chi connectivity index (χ4v) is 2.76. The van der Waals surface area contributed by atoms with Crippen LogP contribution in [0.5, 0.6) is 0 Å². The Morgan fingerprint density at radius 3 is 2.20 bits per heavy atom. The third kappa shape index (κ3) is 1.21. The Balaban J connectivity index is 2.68. The van der Waals surface area contributed by atoms with Crippen molar-refractivity contribution in [1.82, 2.24) is 0 Å². The molecular weight excluding hydrogens is 305 g/mol. The van der Waals surface area contributed by atoms with Crippen LogP contribution in [0.3, 0.4) is 0 Å². The van der Waals surface area contributed by atoms with Crippen molar-refractivity contribution < 1.29 is 0 Å². The monoisotopic (exact) mass is 317 g/mol. The van der Waals surface area contributed by atoms with E-state index in [0.29, 0.717) is 28.5 Å². The molecule has 0 radical (unpaired) electrons. The first-order valence-corrected chi connectivity index (χ1v) is 5.40. The maximum Gasteiger partial charge on any atom is 0.0656 e. The van der Waals surface area contributed by atoms with Gasteiger partial charge in [0.2, 0.25) is 0 Å². The lowest BCUT2D eigenvalue weighted by Crippen LogP contribution is -2.26. The van der Waals surface area contributed by atoms with Crippen LogP contribution < -0.4 is 28.7 Å². The van der Waals surface area contributed by atoms with Gasteiger partial charge in [-0.25, -0.2) is 0 Å².